The van der Waals surface area contributed by atoms with Gasteiger partial charge in [-0.05, 0) is 61.4 Å². The zero-order valence-corrected chi connectivity index (χ0v) is 17.7. The molecule has 1 aromatic heterocycles. The summed E-state index contributed by atoms with van der Waals surface area (Å²) in [5, 5.41) is 7.12. The lowest BCUT2D eigenvalue weighted by atomic mass is 9.77. The van der Waals surface area contributed by atoms with Crippen LogP contribution in [0.5, 0.6) is 0 Å². The average molecular weight is 394 g/mol. The molecule has 0 spiro atoms. The van der Waals surface area contributed by atoms with E-state index in [1.54, 1.807) is 0 Å². The summed E-state index contributed by atoms with van der Waals surface area (Å²) in [6.07, 6.45) is 0. The minimum Gasteiger partial charge on any atom is -0.456 e. The maximum Gasteiger partial charge on any atom is 0.494 e. The Hall–Kier alpha value is -2.82. The SMILES string of the molecule is CC1(C)OB(c2ccc3ccc4ccc5oc6ccccc6c5c4c3c2)OC1(C)C. The molecule has 0 N–H and O–H groups in total. The normalized spacial score (nSPS) is 18.2. The van der Waals surface area contributed by atoms with E-state index in [1.165, 1.54) is 26.9 Å². The smallest absolute Gasteiger partial charge is 0.456 e. The summed E-state index contributed by atoms with van der Waals surface area (Å²) in [6.45, 7) is 8.35. The summed E-state index contributed by atoms with van der Waals surface area (Å²) in [6, 6.07) is 23.3. The predicted molar refractivity (Wildman–Crippen MR) is 124 cm³/mol. The second-order valence-corrected chi connectivity index (χ2v) is 9.27. The molecular weight excluding hydrogens is 371 g/mol. The third-order valence-corrected chi connectivity index (χ3v) is 6.89. The Bertz CT molecular complexity index is 1450. The van der Waals surface area contributed by atoms with Crippen LogP contribution in [0.3, 0.4) is 0 Å². The Morgan fingerprint density at radius 3 is 2.10 bits per heavy atom. The second-order valence-electron chi connectivity index (χ2n) is 9.27. The van der Waals surface area contributed by atoms with Crippen molar-refractivity contribution in [3.8, 4) is 0 Å². The number of rotatable bonds is 1. The van der Waals surface area contributed by atoms with Gasteiger partial charge in [-0.2, -0.15) is 0 Å². The first-order valence-corrected chi connectivity index (χ1v) is 10.5. The summed E-state index contributed by atoms with van der Waals surface area (Å²) < 4.78 is 18.8. The van der Waals surface area contributed by atoms with Crippen LogP contribution in [0.15, 0.2) is 71.1 Å². The van der Waals surface area contributed by atoms with Crippen molar-refractivity contribution < 1.29 is 13.7 Å². The van der Waals surface area contributed by atoms with E-state index < -0.39 is 0 Å². The van der Waals surface area contributed by atoms with Crippen molar-refractivity contribution in [2.24, 2.45) is 0 Å². The maximum atomic E-state index is 6.31. The Kier molecular flexibility index (Phi) is 3.52. The molecular formula is C26H23BO3. The average Bonchev–Trinajstić information content (AvgIpc) is 3.20. The molecule has 4 heteroatoms. The summed E-state index contributed by atoms with van der Waals surface area (Å²) in [5.74, 6) is 0. The fourth-order valence-electron chi connectivity index (χ4n) is 4.50. The van der Waals surface area contributed by atoms with E-state index in [0.29, 0.717) is 0 Å². The van der Waals surface area contributed by atoms with E-state index in [0.717, 1.165) is 22.0 Å². The van der Waals surface area contributed by atoms with Crippen LogP contribution in [-0.4, -0.2) is 18.3 Å². The number of furan rings is 1. The van der Waals surface area contributed by atoms with Crippen LogP contribution >= 0.6 is 0 Å². The summed E-state index contributed by atoms with van der Waals surface area (Å²) >= 11 is 0. The minimum absolute atomic E-state index is 0.362. The van der Waals surface area contributed by atoms with Crippen LogP contribution < -0.4 is 5.46 Å². The van der Waals surface area contributed by atoms with Crippen LogP contribution in [0.2, 0.25) is 0 Å². The van der Waals surface area contributed by atoms with E-state index >= 15 is 0 Å². The van der Waals surface area contributed by atoms with Crippen LogP contribution in [-0.2, 0) is 9.31 Å². The molecule has 30 heavy (non-hydrogen) atoms. The van der Waals surface area contributed by atoms with Gasteiger partial charge in [0.15, 0.2) is 0 Å². The van der Waals surface area contributed by atoms with Crippen LogP contribution in [0.1, 0.15) is 27.7 Å². The zero-order chi connectivity index (χ0) is 20.7. The monoisotopic (exact) mass is 394 g/mol. The second kappa shape index (κ2) is 5.87. The number of para-hydroxylation sites is 1. The Balaban J connectivity index is 1.66. The van der Waals surface area contributed by atoms with Gasteiger partial charge in [-0.3, -0.25) is 0 Å². The van der Waals surface area contributed by atoms with E-state index in [9.17, 15) is 0 Å². The number of hydrogen-bond donors (Lipinski definition) is 0. The predicted octanol–water partition coefficient (Wildman–Crippen LogP) is 6.19. The fraction of sp³-hybridized carbons (Fsp3) is 0.231. The van der Waals surface area contributed by atoms with Gasteiger partial charge in [-0.15, -0.1) is 0 Å². The molecule has 1 fully saturated rings. The van der Waals surface area contributed by atoms with Gasteiger partial charge in [0.1, 0.15) is 11.2 Å². The van der Waals surface area contributed by atoms with Gasteiger partial charge in [0, 0.05) is 16.2 Å². The molecule has 1 saturated heterocycles. The van der Waals surface area contributed by atoms with E-state index in [-0.39, 0.29) is 18.3 Å². The highest BCUT2D eigenvalue weighted by Gasteiger charge is 2.51. The van der Waals surface area contributed by atoms with Crippen molar-refractivity contribution in [3.63, 3.8) is 0 Å². The molecule has 5 aromatic rings. The van der Waals surface area contributed by atoms with Crippen molar-refractivity contribution in [1.82, 2.24) is 0 Å². The van der Waals surface area contributed by atoms with Gasteiger partial charge in [0.25, 0.3) is 0 Å². The third-order valence-electron chi connectivity index (χ3n) is 6.89. The van der Waals surface area contributed by atoms with Crippen LogP contribution in [0.4, 0.5) is 0 Å². The summed E-state index contributed by atoms with van der Waals surface area (Å²) in [4.78, 5) is 0. The first-order valence-electron chi connectivity index (χ1n) is 10.5. The van der Waals surface area contributed by atoms with Crippen molar-refractivity contribution in [3.05, 3.63) is 66.7 Å². The first kappa shape index (κ1) is 18.0. The van der Waals surface area contributed by atoms with E-state index in [1.807, 2.05) is 12.1 Å². The van der Waals surface area contributed by atoms with Crippen LogP contribution in [0.25, 0.3) is 43.5 Å². The van der Waals surface area contributed by atoms with Crippen molar-refractivity contribution >= 4 is 56.1 Å². The zero-order valence-electron chi connectivity index (χ0n) is 17.7. The largest absolute Gasteiger partial charge is 0.494 e. The lowest BCUT2D eigenvalue weighted by molar-refractivity contribution is 0.00578. The molecule has 0 bridgehead atoms. The molecule has 2 heterocycles. The minimum atomic E-state index is -0.380. The maximum absolute atomic E-state index is 6.31. The van der Waals surface area contributed by atoms with Gasteiger partial charge >= 0.3 is 7.12 Å². The molecule has 0 amide bonds. The Labute approximate surface area is 175 Å². The summed E-state index contributed by atoms with van der Waals surface area (Å²) in [5.41, 5.74) is 2.15. The van der Waals surface area contributed by atoms with Crippen molar-refractivity contribution in [2.45, 2.75) is 38.9 Å². The standard InChI is InChI=1S/C26H23BO3/c1-25(2)26(3,4)30-27(29-25)18-13-11-16-9-10-17-12-14-22-24(23(17)20(16)15-18)19-7-5-6-8-21(19)28-22/h5-15H,1-4H3. The number of benzene rings is 4. The molecule has 1 aliphatic heterocycles. The molecule has 0 saturated carbocycles. The molecule has 0 aliphatic carbocycles. The highest BCUT2D eigenvalue weighted by atomic mass is 16.7. The fourth-order valence-corrected chi connectivity index (χ4v) is 4.50. The molecule has 0 unspecified atom stereocenters. The lowest BCUT2D eigenvalue weighted by Gasteiger charge is -2.32. The van der Waals surface area contributed by atoms with Gasteiger partial charge in [-0.25, -0.2) is 0 Å². The molecule has 3 nitrogen and oxygen atoms in total. The molecule has 0 radical (unpaired) electrons. The van der Waals surface area contributed by atoms with Gasteiger partial charge in [0.2, 0.25) is 0 Å². The quantitative estimate of drug-likeness (QED) is 0.251. The Morgan fingerprint density at radius 2 is 1.30 bits per heavy atom. The van der Waals surface area contributed by atoms with Crippen molar-refractivity contribution in [2.75, 3.05) is 0 Å². The van der Waals surface area contributed by atoms with Crippen molar-refractivity contribution in [1.29, 1.82) is 0 Å². The number of fused-ring (bicyclic) bond motifs is 7. The number of hydrogen-bond acceptors (Lipinski definition) is 3. The molecule has 0 atom stereocenters. The van der Waals surface area contributed by atoms with E-state index in [4.69, 9.17) is 13.7 Å². The van der Waals surface area contributed by atoms with Gasteiger partial charge < -0.3 is 13.7 Å². The Morgan fingerprint density at radius 1 is 0.633 bits per heavy atom. The molecule has 1 aliphatic rings. The van der Waals surface area contributed by atoms with Gasteiger partial charge in [-0.1, -0.05) is 54.6 Å². The summed E-state index contributed by atoms with van der Waals surface area (Å²) in [7, 11) is -0.380. The van der Waals surface area contributed by atoms with Crippen LogP contribution in [0, 0.1) is 0 Å². The lowest BCUT2D eigenvalue weighted by Crippen LogP contribution is -2.41. The third kappa shape index (κ3) is 2.41. The molecule has 6 rings (SSSR count). The highest BCUT2D eigenvalue weighted by Crippen LogP contribution is 2.39. The highest BCUT2D eigenvalue weighted by molar-refractivity contribution is 6.62. The molecule has 148 valence electrons. The first-order chi connectivity index (χ1) is 14.3. The molecule has 4 aromatic carbocycles. The van der Waals surface area contributed by atoms with E-state index in [2.05, 4.69) is 82.3 Å². The van der Waals surface area contributed by atoms with Gasteiger partial charge in [0.05, 0.1) is 11.2 Å². The topological polar surface area (TPSA) is 31.6 Å².